The summed E-state index contributed by atoms with van der Waals surface area (Å²) in [5, 5.41) is 11.2. The molecule has 1 fully saturated rings. The van der Waals surface area contributed by atoms with Crippen LogP contribution in [0, 0.1) is 0 Å². The van der Waals surface area contributed by atoms with Crippen LogP contribution >= 0.6 is 0 Å². The van der Waals surface area contributed by atoms with Gasteiger partial charge in [0.25, 0.3) is 0 Å². The van der Waals surface area contributed by atoms with Crippen molar-refractivity contribution < 1.29 is 19.5 Å². The Morgan fingerprint density at radius 2 is 1.79 bits per heavy atom. The van der Waals surface area contributed by atoms with Crippen LogP contribution in [0.1, 0.15) is 12.5 Å². The fourth-order valence-corrected chi connectivity index (χ4v) is 2.63. The van der Waals surface area contributed by atoms with Gasteiger partial charge in [-0.3, -0.25) is 9.59 Å². The summed E-state index contributed by atoms with van der Waals surface area (Å²) in [5.41, 5.74) is 1.87. The zero-order valence-electron chi connectivity index (χ0n) is 13.3. The van der Waals surface area contributed by atoms with E-state index in [1.165, 1.54) is 6.41 Å². The normalized spacial score (nSPS) is 15.2. The molecular weight excluding hydrogens is 555 g/mol. The van der Waals surface area contributed by atoms with E-state index in [1.807, 2.05) is 29.2 Å². The molecule has 8 heteroatoms. The van der Waals surface area contributed by atoms with Crippen LogP contribution in [-0.4, -0.2) is 60.5 Å². The first-order chi connectivity index (χ1) is 11.0. The van der Waals surface area contributed by atoms with E-state index >= 15 is 0 Å². The van der Waals surface area contributed by atoms with Gasteiger partial charge in [-0.2, -0.15) is 6.41 Å². The Bertz CT molecular complexity index is 571. The van der Waals surface area contributed by atoms with Gasteiger partial charge in [-0.15, -0.1) is 0 Å². The molecule has 0 radical (unpaired) electrons. The Balaban J connectivity index is 0.00000288. The molecule has 1 aromatic rings. The number of amides is 2. The predicted molar refractivity (Wildman–Crippen MR) is 84.9 cm³/mol. The Hall–Kier alpha value is -3.57. The number of rotatable bonds is 6. The number of nitrogens with one attached hydrogen (secondary N) is 1. The molecule has 0 aromatic heterocycles. The van der Waals surface area contributed by atoms with Crippen LogP contribution in [0.15, 0.2) is 24.3 Å². The van der Waals surface area contributed by atoms with Gasteiger partial charge in [0, 0.05) is 45.2 Å². The van der Waals surface area contributed by atoms with E-state index < -0.39 is 12.0 Å². The summed E-state index contributed by atoms with van der Waals surface area (Å²) < 4.78 is 0. The Morgan fingerprint density at radius 3 is 2.25 bits per heavy atom. The molecule has 1 saturated heterocycles. The summed E-state index contributed by atoms with van der Waals surface area (Å²) in [6, 6.07) is 6.60. The van der Waals surface area contributed by atoms with Crippen molar-refractivity contribution in [2.45, 2.75) is 19.4 Å². The minimum absolute atomic E-state index is 0. The van der Waals surface area contributed by atoms with Crippen LogP contribution in [0.25, 0.3) is 0 Å². The predicted octanol–water partition coefficient (Wildman–Crippen LogP) is 0.00760. The number of carboxylic acid groups (broad SMARTS) is 1. The third-order valence-corrected chi connectivity index (χ3v) is 4.00. The van der Waals surface area contributed by atoms with Crippen molar-refractivity contribution in [3.05, 3.63) is 29.8 Å². The SMILES string of the molecule is CC(=O)N1CCN(c2ccc(CC(N[C-]=O)C(=O)O)cc2)CC1.[Fm]. The minimum Gasteiger partial charge on any atom is -0.520 e. The number of benzene rings is 1. The van der Waals surface area contributed by atoms with Gasteiger partial charge in [-0.05, 0) is 17.7 Å². The van der Waals surface area contributed by atoms with Crippen molar-refractivity contribution in [1.82, 2.24) is 10.2 Å². The first kappa shape index (κ1) is 18.5. The van der Waals surface area contributed by atoms with Crippen LogP contribution in [0.3, 0.4) is 0 Å². The van der Waals surface area contributed by atoms with E-state index in [0.717, 1.165) is 24.3 Å². The molecule has 2 amide bonds. The van der Waals surface area contributed by atoms with E-state index in [9.17, 15) is 14.4 Å². The third kappa shape index (κ3) is 4.46. The first-order valence-corrected chi connectivity index (χ1v) is 7.46. The average Bonchev–Trinajstić information content (AvgIpc) is 2.55. The second kappa shape index (κ2) is 8.17. The molecule has 7 nitrogen and oxygen atoms in total. The topological polar surface area (TPSA) is 90.0 Å². The molecule has 1 atom stereocenters. The maximum Gasteiger partial charge on any atom is 0.323 e. The van der Waals surface area contributed by atoms with Crippen molar-refractivity contribution in [3.63, 3.8) is 0 Å². The Kier molecular flexibility index (Phi) is 6.29. The van der Waals surface area contributed by atoms with Crippen molar-refractivity contribution in [1.29, 1.82) is 0 Å². The van der Waals surface area contributed by atoms with Gasteiger partial charge in [0.05, 0.1) is 0 Å². The molecule has 2 N–H and O–H groups in total. The minimum atomic E-state index is -1.09. The monoisotopic (exact) mass is 575 g/mol. The largest absolute Gasteiger partial charge is 0.520 e. The quantitative estimate of drug-likeness (QED) is 0.369. The molecule has 0 saturated carbocycles. The molecule has 1 aromatic carbocycles. The number of aliphatic carboxylic acids is 1. The Labute approximate surface area is 134 Å². The molecule has 0 aliphatic carbocycles. The number of nitrogens with zero attached hydrogens (tertiary/aromatic N) is 2. The second-order valence-electron chi connectivity index (χ2n) is 5.50. The number of hydrogen-bond acceptors (Lipinski definition) is 4. The van der Waals surface area contributed by atoms with Gasteiger partial charge >= 0.3 is 5.97 Å². The van der Waals surface area contributed by atoms with Crippen LogP contribution in [0.4, 0.5) is 5.69 Å². The number of carboxylic acids is 1. The number of carbonyl (C=O) groups is 2. The molecule has 2 rings (SSSR count). The maximum absolute atomic E-state index is 11.3. The molecule has 0 bridgehead atoms. The molecular formula is C16H20FmN3O4-. The van der Waals surface area contributed by atoms with Crippen molar-refractivity contribution in [2.75, 3.05) is 31.1 Å². The van der Waals surface area contributed by atoms with Gasteiger partial charge in [0.1, 0.15) is 6.04 Å². The van der Waals surface area contributed by atoms with Gasteiger partial charge < -0.3 is 25.0 Å². The number of anilines is 1. The van der Waals surface area contributed by atoms with Crippen molar-refractivity contribution in [2.24, 2.45) is 0 Å². The number of carbonyl (C=O) groups excluding carboxylic acids is 2. The van der Waals surface area contributed by atoms with E-state index in [0.29, 0.717) is 13.1 Å². The summed E-state index contributed by atoms with van der Waals surface area (Å²) >= 11 is 0. The van der Waals surface area contributed by atoms with Gasteiger partial charge in [0.15, 0.2) is 0 Å². The van der Waals surface area contributed by atoms with E-state index in [2.05, 4.69) is 10.2 Å². The van der Waals surface area contributed by atoms with E-state index in [-0.39, 0.29) is 12.3 Å². The van der Waals surface area contributed by atoms with Gasteiger partial charge in [-0.1, -0.05) is 12.1 Å². The van der Waals surface area contributed by atoms with Gasteiger partial charge in [0.2, 0.25) is 5.91 Å². The summed E-state index contributed by atoms with van der Waals surface area (Å²) in [6.45, 7) is 4.54. The zero-order valence-corrected chi connectivity index (χ0v) is 15.7. The van der Waals surface area contributed by atoms with Gasteiger partial charge in [-0.25, -0.2) is 0 Å². The zero-order chi connectivity index (χ0) is 16.8. The number of hydrogen-bond donors (Lipinski definition) is 2. The summed E-state index contributed by atoms with van der Waals surface area (Å²) in [4.78, 5) is 36.7. The first-order valence-electron chi connectivity index (χ1n) is 7.46. The summed E-state index contributed by atoms with van der Waals surface area (Å²) in [7, 11) is 0. The average molecular weight is 575 g/mol. The standard InChI is InChI=1S/C16H20N3O4.Fm/c1-12(21)18-6-8-19(9-7-18)14-4-2-13(3-5-14)10-15(16(22)23)17-11-20;/h2-5,15H,6-10H2,1H3,(H,17,20)(H,22,23);/q-1;. The molecule has 0 spiro atoms. The summed E-state index contributed by atoms with van der Waals surface area (Å²) in [6.07, 6.45) is 1.64. The fraction of sp³-hybridized carbons (Fsp3) is 0.438. The van der Waals surface area contributed by atoms with Crippen molar-refractivity contribution in [3.8, 4) is 0 Å². The molecule has 1 aliphatic heterocycles. The van der Waals surface area contributed by atoms with Crippen molar-refractivity contribution >= 4 is 24.0 Å². The second-order valence-corrected chi connectivity index (χ2v) is 5.50. The molecule has 1 aliphatic rings. The molecule has 136 valence electrons. The summed E-state index contributed by atoms with van der Waals surface area (Å²) in [5.74, 6) is -0.989. The molecule has 1 unspecified atom stereocenters. The molecule has 1 heterocycles. The molecule has 24 heavy (non-hydrogen) atoms. The van der Waals surface area contributed by atoms with Crippen LogP contribution in [0.5, 0.6) is 0 Å². The number of piperazine rings is 1. The smallest absolute Gasteiger partial charge is 0.323 e. The third-order valence-electron chi connectivity index (χ3n) is 4.00. The fourth-order valence-electron chi connectivity index (χ4n) is 2.63. The maximum atomic E-state index is 11.3. The Morgan fingerprint density at radius 1 is 1.21 bits per heavy atom. The van der Waals surface area contributed by atoms with Crippen LogP contribution < -0.4 is 10.2 Å². The van der Waals surface area contributed by atoms with E-state index in [4.69, 9.17) is 5.11 Å². The van der Waals surface area contributed by atoms with Crippen LogP contribution in [0.2, 0.25) is 0 Å². The van der Waals surface area contributed by atoms with E-state index in [1.54, 1.807) is 6.92 Å². The van der Waals surface area contributed by atoms with Crippen LogP contribution in [-0.2, 0) is 20.8 Å².